The maximum absolute atomic E-state index is 13.6. The molecule has 0 radical (unpaired) electrons. The summed E-state index contributed by atoms with van der Waals surface area (Å²) in [5.41, 5.74) is 1.61. The molecule has 0 saturated carbocycles. The number of hydrogen-bond acceptors (Lipinski definition) is 10. The van der Waals surface area contributed by atoms with Crippen molar-refractivity contribution in [2.45, 2.75) is 26.8 Å². The van der Waals surface area contributed by atoms with Gasteiger partial charge >= 0.3 is 11.9 Å². The molecular weight excluding hydrogens is 524 g/mol. The number of esters is 1. The minimum atomic E-state index is -1.14. The Morgan fingerprint density at radius 2 is 1.72 bits per heavy atom. The van der Waals surface area contributed by atoms with Crippen molar-refractivity contribution in [1.29, 1.82) is 0 Å². The van der Waals surface area contributed by atoms with E-state index in [-0.39, 0.29) is 27.9 Å². The average Bonchev–Trinajstić information content (AvgIpc) is 3.44. The van der Waals surface area contributed by atoms with Gasteiger partial charge in [0.05, 0.1) is 39.2 Å². The third-order valence-electron chi connectivity index (χ3n) is 6.30. The van der Waals surface area contributed by atoms with E-state index in [4.69, 9.17) is 18.9 Å². The monoisotopic (exact) mass is 552 g/mol. The normalized spacial score (nSPS) is 16.4. The lowest BCUT2D eigenvalue weighted by Gasteiger charge is -2.25. The quantitative estimate of drug-likeness (QED) is 0.185. The van der Waals surface area contributed by atoms with Crippen molar-refractivity contribution in [2.75, 3.05) is 32.8 Å². The summed E-state index contributed by atoms with van der Waals surface area (Å²) in [5.74, 6) is -1.40. The van der Waals surface area contributed by atoms with Crippen molar-refractivity contribution >= 4 is 39.9 Å². The third-order valence-corrected chi connectivity index (χ3v) is 7.43. The third kappa shape index (κ3) is 4.92. The molecule has 0 aliphatic carbocycles. The van der Waals surface area contributed by atoms with E-state index in [2.05, 4.69) is 4.98 Å². The van der Waals surface area contributed by atoms with Gasteiger partial charge in [-0.3, -0.25) is 14.5 Å². The van der Waals surface area contributed by atoms with Crippen LogP contribution >= 0.6 is 11.3 Å². The van der Waals surface area contributed by atoms with Gasteiger partial charge in [0.1, 0.15) is 33.9 Å². The van der Waals surface area contributed by atoms with Gasteiger partial charge in [-0.1, -0.05) is 11.3 Å². The summed E-state index contributed by atoms with van der Waals surface area (Å²) >= 11 is 0.924. The standard InChI is InChI=1S/C28H28N2O8S/c1-7-38-27(34)25-15(3)29-28(39-25)30-22(18-13-17(35-4)9-11-20(18)37-6)21(24(32)26(30)33)23(31)16-8-10-19(36-5)14(2)12-16/h8-13,22,31H,7H2,1-6H3/b23-21+/t22-/m1/s1. The van der Waals surface area contributed by atoms with E-state index in [1.807, 2.05) is 0 Å². The van der Waals surface area contributed by atoms with Crippen LogP contribution in [0.1, 0.15) is 45.0 Å². The molecule has 0 unspecified atom stereocenters. The number of anilines is 1. The van der Waals surface area contributed by atoms with Crippen molar-refractivity contribution in [3.63, 3.8) is 0 Å². The number of benzene rings is 2. The second-order valence-corrected chi connectivity index (χ2v) is 9.57. The Balaban J connectivity index is 1.99. The average molecular weight is 553 g/mol. The van der Waals surface area contributed by atoms with Gasteiger partial charge in [0.25, 0.3) is 5.78 Å². The van der Waals surface area contributed by atoms with Crippen LogP contribution in [-0.2, 0) is 14.3 Å². The number of aliphatic hydroxyl groups excluding tert-OH is 1. The second-order valence-electron chi connectivity index (χ2n) is 8.59. The molecule has 0 spiro atoms. The van der Waals surface area contributed by atoms with Crippen LogP contribution in [0.3, 0.4) is 0 Å². The van der Waals surface area contributed by atoms with Crippen molar-refractivity contribution in [3.05, 3.63) is 69.2 Å². The molecular formula is C28H28N2O8S. The van der Waals surface area contributed by atoms with Gasteiger partial charge < -0.3 is 24.1 Å². The molecule has 1 saturated heterocycles. The Kier molecular flexibility index (Phi) is 7.91. The van der Waals surface area contributed by atoms with Gasteiger partial charge in [-0.05, 0) is 62.7 Å². The maximum Gasteiger partial charge on any atom is 0.350 e. The van der Waals surface area contributed by atoms with E-state index in [0.29, 0.717) is 34.1 Å². The molecule has 1 aromatic heterocycles. The fraction of sp³-hybridized carbons (Fsp3) is 0.286. The zero-order valence-electron chi connectivity index (χ0n) is 22.4. The lowest BCUT2D eigenvalue weighted by molar-refractivity contribution is -0.132. The fourth-order valence-corrected chi connectivity index (χ4v) is 5.42. The molecule has 204 valence electrons. The van der Waals surface area contributed by atoms with Gasteiger partial charge in [0.2, 0.25) is 0 Å². The molecule has 1 N–H and O–H groups in total. The first-order valence-electron chi connectivity index (χ1n) is 12.0. The highest BCUT2D eigenvalue weighted by Crippen LogP contribution is 2.47. The smallest absolute Gasteiger partial charge is 0.350 e. The molecule has 11 heteroatoms. The number of methoxy groups -OCH3 is 3. The van der Waals surface area contributed by atoms with E-state index in [9.17, 15) is 19.5 Å². The summed E-state index contributed by atoms with van der Waals surface area (Å²) in [5, 5.41) is 11.6. The number of nitrogens with zero attached hydrogens (tertiary/aromatic N) is 2. The maximum atomic E-state index is 13.6. The van der Waals surface area contributed by atoms with E-state index < -0.39 is 23.7 Å². The number of ketones is 1. The fourth-order valence-electron chi connectivity index (χ4n) is 4.43. The molecule has 1 aliphatic heterocycles. The summed E-state index contributed by atoms with van der Waals surface area (Å²) in [6.07, 6.45) is 0. The lowest BCUT2D eigenvalue weighted by Crippen LogP contribution is -2.29. The van der Waals surface area contributed by atoms with Gasteiger partial charge in [-0.15, -0.1) is 0 Å². The van der Waals surface area contributed by atoms with E-state index in [0.717, 1.165) is 16.9 Å². The molecule has 1 aliphatic rings. The largest absolute Gasteiger partial charge is 0.507 e. The highest BCUT2D eigenvalue weighted by Gasteiger charge is 2.49. The van der Waals surface area contributed by atoms with Gasteiger partial charge in [0, 0.05) is 11.1 Å². The molecule has 0 bridgehead atoms. The molecule has 39 heavy (non-hydrogen) atoms. The highest BCUT2D eigenvalue weighted by molar-refractivity contribution is 7.17. The first-order chi connectivity index (χ1) is 18.7. The molecule has 1 amide bonds. The van der Waals surface area contributed by atoms with Crippen molar-refractivity contribution < 1.29 is 38.4 Å². The van der Waals surface area contributed by atoms with E-state index >= 15 is 0 Å². The minimum Gasteiger partial charge on any atom is -0.507 e. The predicted molar refractivity (Wildman–Crippen MR) is 145 cm³/mol. The molecule has 10 nitrogen and oxygen atoms in total. The van der Waals surface area contributed by atoms with Crippen molar-refractivity contribution in [1.82, 2.24) is 4.98 Å². The molecule has 4 rings (SSSR count). The SMILES string of the molecule is CCOC(=O)c1sc(N2C(=O)C(=O)/C(=C(/O)c3ccc(OC)c(C)c3)[C@H]2c2cc(OC)ccc2OC)nc1C. The van der Waals surface area contributed by atoms with Crippen molar-refractivity contribution in [2.24, 2.45) is 0 Å². The Morgan fingerprint density at radius 3 is 2.33 bits per heavy atom. The number of aryl methyl sites for hydroxylation is 2. The highest BCUT2D eigenvalue weighted by atomic mass is 32.1. The number of rotatable bonds is 8. The van der Waals surface area contributed by atoms with Gasteiger partial charge in [-0.25, -0.2) is 9.78 Å². The van der Waals surface area contributed by atoms with Crippen LogP contribution in [0.2, 0.25) is 0 Å². The van der Waals surface area contributed by atoms with E-state index in [1.165, 1.54) is 26.2 Å². The van der Waals surface area contributed by atoms with Crippen LogP contribution in [0.25, 0.3) is 5.76 Å². The van der Waals surface area contributed by atoms with Crippen LogP contribution in [0, 0.1) is 13.8 Å². The Hall–Kier alpha value is -4.38. The van der Waals surface area contributed by atoms with Crippen LogP contribution in [0.15, 0.2) is 42.0 Å². The number of ether oxygens (including phenoxy) is 4. The van der Waals surface area contributed by atoms with Gasteiger partial charge in [-0.2, -0.15) is 0 Å². The number of carbonyl (C=O) groups is 3. The number of Topliss-reactive ketones (excluding diaryl/α,β-unsaturated/α-hetero) is 1. The second kappa shape index (κ2) is 11.2. The van der Waals surface area contributed by atoms with E-state index in [1.54, 1.807) is 57.2 Å². The topological polar surface area (TPSA) is 124 Å². The van der Waals surface area contributed by atoms with Crippen molar-refractivity contribution in [3.8, 4) is 17.2 Å². The van der Waals surface area contributed by atoms with Crippen LogP contribution in [0.5, 0.6) is 17.2 Å². The summed E-state index contributed by atoms with van der Waals surface area (Å²) in [7, 11) is 4.47. The zero-order chi connectivity index (χ0) is 28.4. The first kappa shape index (κ1) is 27.6. The summed E-state index contributed by atoms with van der Waals surface area (Å²) < 4.78 is 21.4. The minimum absolute atomic E-state index is 0.0949. The predicted octanol–water partition coefficient (Wildman–Crippen LogP) is 4.59. The zero-order valence-corrected chi connectivity index (χ0v) is 23.2. The number of aromatic nitrogens is 1. The summed E-state index contributed by atoms with van der Waals surface area (Å²) in [6, 6.07) is 8.72. The number of aliphatic hydroxyl groups is 1. The Labute approximate surface area is 229 Å². The molecule has 2 heterocycles. The molecule has 1 fully saturated rings. The van der Waals surface area contributed by atoms with Gasteiger partial charge in [0.15, 0.2) is 5.13 Å². The number of amides is 1. The molecule has 2 aromatic carbocycles. The number of carbonyl (C=O) groups excluding carboxylic acids is 3. The van der Waals surface area contributed by atoms with Crippen LogP contribution in [-0.4, -0.2) is 55.7 Å². The lowest BCUT2D eigenvalue weighted by atomic mass is 9.94. The Bertz CT molecular complexity index is 1490. The number of thiazole rings is 1. The Morgan fingerprint density at radius 1 is 1.03 bits per heavy atom. The van der Waals surface area contributed by atoms with Crippen LogP contribution in [0.4, 0.5) is 5.13 Å². The molecule has 1 atom stereocenters. The summed E-state index contributed by atoms with van der Waals surface area (Å²) in [4.78, 5) is 45.4. The summed E-state index contributed by atoms with van der Waals surface area (Å²) in [6.45, 7) is 5.26. The first-order valence-corrected chi connectivity index (χ1v) is 12.8. The van der Waals surface area contributed by atoms with Crippen LogP contribution < -0.4 is 19.1 Å². The molecule has 3 aromatic rings. The number of hydrogen-bond donors (Lipinski definition) is 1.